The number of hydrogen-bond donors (Lipinski definition) is 0. The van der Waals surface area contributed by atoms with E-state index in [-0.39, 0.29) is 10.9 Å². The van der Waals surface area contributed by atoms with Crippen LogP contribution in [0.25, 0.3) is 28.5 Å². The van der Waals surface area contributed by atoms with Crippen molar-refractivity contribution in [1.29, 1.82) is 0 Å². The second-order valence-electron chi connectivity index (χ2n) is 5.16. The minimum absolute atomic E-state index is 0.215. The maximum absolute atomic E-state index is 13.2. The van der Waals surface area contributed by atoms with Gasteiger partial charge in [-0.05, 0) is 30.3 Å². The Morgan fingerprint density at radius 2 is 2.08 bits per heavy atom. The first-order valence-corrected chi connectivity index (χ1v) is 7.66. The molecule has 0 bridgehead atoms. The van der Waals surface area contributed by atoms with E-state index < -0.39 is 5.82 Å². The van der Waals surface area contributed by atoms with Gasteiger partial charge in [0.15, 0.2) is 5.65 Å². The van der Waals surface area contributed by atoms with Gasteiger partial charge in [0.2, 0.25) is 5.82 Å². The predicted octanol–water partition coefficient (Wildman–Crippen LogP) is 3.80. The van der Waals surface area contributed by atoms with E-state index >= 15 is 0 Å². The molecule has 0 atom stereocenters. The Morgan fingerprint density at radius 3 is 2.88 bits per heavy atom. The van der Waals surface area contributed by atoms with Crippen LogP contribution in [0.2, 0.25) is 5.02 Å². The first kappa shape index (κ1) is 14.8. The summed E-state index contributed by atoms with van der Waals surface area (Å²) in [6, 6.07) is 7.68. The fourth-order valence-corrected chi connectivity index (χ4v) is 2.67. The zero-order valence-corrected chi connectivity index (χ0v) is 13.3. The standard InChI is InChI=1S/C16H11ClFN5O/c1-2-13-20-21-14-6-3-9(8-23(13)14)15-19-16(24-22-15)11-5-4-10(18)7-12(11)17/h3-8H,2H2,1H3. The number of pyridine rings is 1. The second kappa shape index (κ2) is 5.68. The minimum atomic E-state index is -0.423. The van der Waals surface area contributed by atoms with Crippen molar-refractivity contribution in [3.05, 3.63) is 53.2 Å². The van der Waals surface area contributed by atoms with Crippen LogP contribution in [0.5, 0.6) is 0 Å². The Hall–Kier alpha value is -2.80. The molecule has 1 aromatic carbocycles. The highest BCUT2D eigenvalue weighted by Crippen LogP contribution is 2.29. The van der Waals surface area contributed by atoms with Gasteiger partial charge in [-0.15, -0.1) is 10.2 Å². The third-order valence-electron chi connectivity index (χ3n) is 3.63. The van der Waals surface area contributed by atoms with Crippen molar-refractivity contribution in [3.8, 4) is 22.8 Å². The number of benzene rings is 1. The summed E-state index contributed by atoms with van der Waals surface area (Å²) in [4.78, 5) is 4.35. The first-order chi connectivity index (χ1) is 11.7. The van der Waals surface area contributed by atoms with E-state index in [0.29, 0.717) is 11.4 Å². The van der Waals surface area contributed by atoms with Crippen LogP contribution in [0.1, 0.15) is 12.7 Å². The monoisotopic (exact) mass is 343 g/mol. The average molecular weight is 344 g/mol. The van der Waals surface area contributed by atoms with Crippen LogP contribution in [0.3, 0.4) is 0 Å². The summed E-state index contributed by atoms with van der Waals surface area (Å²) in [6.07, 6.45) is 2.61. The molecule has 0 amide bonds. The Balaban J connectivity index is 1.77. The molecule has 0 aliphatic carbocycles. The topological polar surface area (TPSA) is 69.1 Å². The SMILES string of the molecule is CCc1nnc2ccc(-c3noc(-c4ccc(F)cc4Cl)n3)cn12. The zero-order chi connectivity index (χ0) is 16.7. The number of fused-ring (bicyclic) bond motifs is 1. The summed E-state index contributed by atoms with van der Waals surface area (Å²) in [5.41, 5.74) is 1.99. The van der Waals surface area contributed by atoms with Gasteiger partial charge < -0.3 is 4.52 Å². The smallest absolute Gasteiger partial charge is 0.259 e. The molecular formula is C16H11ClFN5O. The van der Waals surface area contributed by atoms with E-state index in [1.54, 1.807) is 0 Å². The summed E-state index contributed by atoms with van der Waals surface area (Å²) < 4.78 is 20.3. The van der Waals surface area contributed by atoms with Crippen molar-refractivity contribution in [2.45, 2.75) is 13.3 Å². The minimum Gasteiger partial charge on any atom is -0.334 e. The molecule has 0 aliphatic heterocycles. The van der Waals surface area contributed by atoms with Crippen molar-refractivity contribution in [1.82, 2.24) is 24.7 Å². The third-order valence-corrected chi connectivity index (χ3v) is 3.95. The van der Waals surface area contributed by atoms with Gasteiger partial charge in [0.1, 0.15) is 11.6 Å². The molecular weight excluding hydrogens is 333 g/mol. The Kier molecular flexibility index (Phi) is 3.50. The maximum atomic E-state index is 13.2. The average Bonchev–Trinajstić information content (AvgIpc) is 3.21. The molecule has 0 N–H and O–H groups in total. The quantitative estimate of drug-likeness (QED) is 0.566. The Morgan fingerprint density at radius 1 is 1.21 bits per heavy atom. The molecule has 120 valence electrons. The van der Waals surface area contributed by atoms with E-state index in [0.717, 1.165) is 23.5 Å². The highest BCUT2D eigenvalue weighted by molar-refractivity contribution is 6.33. The van der Waals surface area contributed by atoms with Crippen molar-refractivity contribution in [2.24, 2.45) is 0 Å². The lowest BCUT2D eigenvalue weighted by Crippen LogP contribution is -1.93. The number of aromatic nitrogens is 5. The Bertz CT molecular complexity index is 1040. The molecule has 0 unspecified atom stereocenters. The zero-order valence-electron chi connectivity index (χ0n) is 12.6. The van der Waals surface area contributed by atoms with Crippen LogP contribution in [-0.4, -0.2) is 24.7 Å². The van der Waals surface area contributed by atoms with Gasteiger partial charge >= 0.3 is 0 Å². The van der Waals surface area contributed by atoms with Gasteiger partial charge in [0, 0.05) is 18.2 Å². The van der Waals surface area contributed by atoms with Gasteiger partial charge in [0.05, 0.1) is 10.6 Å². The van der Waals surface area contributed by atoms with Crippen molar-refractivity contribution in [3.63, 3.8) is 0 Å². The Labute approximate surface area is 140 Å². The van der Waals surface area contributed by atoms with E-state index in [4.69, 9.17) is 16.1 Å². The maximum Gasteiger partial charge on any atom is 0.259 e. The highest BCUT2D eigenvalue weighted by atomic mass is 35.5. The molecule has 4 rings (SSSR count). The predicted molar refractivity (Wildman–Crippen MR) is 86.1 cm³/mol. The summed E-state index contributed by atoms with van der Waals surface area (Å²) in [5, 5.41) is 12.4. The van der Waals surface area contributed by atoms with Gasteiger partial charge in [-0.1, -0.05) is 23.7 Å². The van der Waals surface area contributed by atoms with Gasteiger partial charge in [-0.3, -0.25) is 4.40 Å². The molecule has 3 aromatic heterocycles. The molecule has 0 fully saturated rings. The number of hydrogen-bond acceptors (Lipinski definition) is 5. The molecule has 0 aliphatic rings. The molecule has 0 spiro atoms. The number of halogens is 2. The lowest BCUT2D eigenvalue weighted by atomic mass is 10.2. The number of aryl methyl sites for hydroxylation is 1. The number of nitrogens with zero attached hydrogens (tertiary/aromatic N) is 5. The van der Waals surface area contributed by atoms with Crippen LogP contribution >= 0.6 is 11.6 Å². The second-order valence-corrected chi connectivity index (χ2v) is 5.57. The first-order valence-electron chi connectivity index (χ1n) is 7.29. The van der Waals surface area contributed by atoms with Crippen molar-refractivity contribution < 1.29 is 8.91 Å². The molecule has 3 heterocycles. The van der Waals surface area contributed by atoms with Crippen molar-refractivity contribution >= 4 is 17.2 Å². The highest BCUT2D eigenvalue weighted by Gasteiger charge is 2.15. The summed E-state index contributed by atoms with van der Waals surface area (Å²) in [5.74, 6) is 1.06. The van der Waals surface area contributed by atoms with Crippen LogP contribution in [-0.2, 0) is 6.42 Å². The normalized spacial score (nSPS) is 11.3. The fraction of sp³-hybridized carbons (Fsp3) is 0.125. The van der Waals surface area contributed by atoms with Crippen LogP contribution in [0, 0.1) is 5.82 Å². The molecule has 0 radical (unpaired) electrons. The van der Waals surface area contributed by atoms with Crippen LogP contribution in [0.15, 0.2) is 41.1 Å². The van der Waals surface area contributed by atoms with E-state index in [9.17, 15) is 4.39 Å². The van der Waals surface area contributed by atoms with Gasteiger partial charge in [-0.2, -0.15) is 4.98 Å². The number of rotatable bonds is 3. The van der Waals surface area contributed by atoms with Crippen LogP contribution < -0.4 is 0 Å². The summed E-state index contributed by atoms with van der Waals surface area (Å²) >= 11 is 6.03. The third kappa shape index (κ3) is 2.43. The lowest BCUT2D eigenvalue weighted by Gasteiger charge is -1.99. The molecule has 0 saturated heterocycles. The largest absolute Gasteiger partial charge is 0.334 e. The van der Waals surface area contributed by atoms with E-state index in [2.05, 4.69) is 20.3 Å². The summed E-state index contributed by atoms with van der Waals surface area (Å²) in [7, 11) is 0. The molecule has 4 aromatic rings. The summed E-state index contributed by atoms with van der Waals surface area (Å²) in [6.45, 7) is 2.01. The lowest BCUT2D eigenvalue weighted by molar-refractivity contribution is 0.432. The van der Waals surface area contributed by atoms with Crippen molar-refractivity contribution in [2.75, 3.05) is 0 Å². The molecule has 8 heteroatoms. The van der Waals surface area contributed by atoms with Gasteiger partial charge in [0.25, 0.3) is 5.89 Å². The van der Waals surface area contributed by atoms with Gasteiger partial charge in [-0.25, -0.2) is 4.39 Å². The van der Waals surface area contributed by atoms with Crippen LogP contribution in [0.4, 0.5) is 4.39 Å². The molecule has 0 saturated carbocycles. The molecule has 6 nitrogen and oxygen atoms in total. The molecule has 24 heavy (non-hydrogen) atoms. The fourth-order valence-electron chi connectivity index (χ4n) is 2.42. The van der Waals surface area contributed by atoms with E-state index in [1.807, 2.05) is 29.7 Å². The van der Waals surface area contributed by atoms with E-state index in [1.165, 1.54) is 18.2 Å².